The third kappa shape index (κ3) is 4.20. The van der Waals surface area contributed by atoms with Gasteiger partial charge in [0.15, 0.2) is 0 Å². The molecule has 2 unspecified atom stereocenters. The maximum Gasteiger partial charge on any atom is 0.137 e. The van der Waals surface area contributed by atoms with Crippen molar-refractivity contribution in [3.05, 3.63) is 89.0 Å². The van der Waals surface area contributed by atoms with Crippen LogP contribution in [0.4, 0.5) is 8.78 Å². The van der Waals surface area contributed by atoms with Crippen molar-refractivity contribution < 1.29 is 8.78 Å². The number of aromatic nitrogens is 4. The fourth-order valence-corrected chi connectivity index (χ4v) is 5.50. The molecule has 8 heteroatoms. The van der Waals surface area contributed by atoms with Crippen LogP contribution in [0.2, 0.25) is 0 Å². The molecule has 5 nitrogen and oxygen atoms in total. The zero-order chi connectivity index (χ0) is 22.1. The summed E-state index contributed by atoms with van der Waals surface area (Å²) in [6.45, 7) is 4.17. The molecule has 0 amide bonds. The monoisotopic (exact) mass is 451 g/mol. The number of rotatable bonds is 6. The van der Waals surface area contributed by atoms with Gasteiger partial charge in [-0.15, -0.1) is 11.3 Å². The van der Waals surface area contributed by atoms with Gasteiger partial charge in [-0.1, -0.05) is 36.4 Å². The SMILES string of the molecule is CC(C(Cn1cncn1)c1ccc(F)cc1F)N1CCc2nc(-c3ccccc3)sc2C1. The summed E-state index contributed by atoms with van der Waals surface area (Å²) in [5, 5.41) is 5.25. The average molecular weight is 452 g/mol. The first-order valence-corrected chi connectivity index (χ1v) is 11.5. The number of nitrogens with zero attached hydrogens (tertiary/aromatic N) is 5. The topological polar surface area (TPSA) is 46.8 Å². The van der Waals surface area contributed by atoms with Crippen LogP contribution in [-0.2, 0) is 19.5 Å². The largest absolute Gasteiger partial charge is 0.294 e. The van der Waals surface area contributed by atoms with Gasteiger partial charge in [-0.25, -0.2) is 18.7 Å². The number of hydrogen-bond donors (Lipinski definition) is 0. The highest BCUT2D eigenvalue weighted by Gasteiger charge is 2.31. The smallest absolute Gasteiger partial charge is 0.137 e. The number of fused-ring (bicyclic) bond motifs is 1. The molecular weight excluding hydrogens is 428 g/mol. The summed E-state index contributed by atoms with van der Waals surface area (Å²) in [6.07, 6.45) is 3.95. The molecule has 1 aliphatic rings. The predicted molar refractivity (Wildman–Crippen MR) is 120 cm³/mol. The van der Waals surface area contributed by atoms with Crippen molar-refractivity contribution in [2.24, 2.45) is 0 Å². The highest BCUT2D eigenvalue weighted by atomic mass is 32.1. The van der Waals surface area contributed by atoms with Gasteiger partial charge in [-0.2, -0.15) is 5.10 Å². The Morgan fingerprint density at radius 2 is 1.97 bits per heavy atom. The fourth-order valence-electron chi connectivity index (χ4n) is 4.36. The van der Waals surface area contributed by atoms with E-state index in [1.54, 1.807) is 28.4 Å². The second kappa shape index (κ2) is 8.88. The predicted octanol–water partition coefficient (Wildman–Crippen LogP) is 4.91. The highest BCUT2D eigenvalue weighted by molar-refractivity contribution is 7.15. The summed E-state index contributed by atoms with van der Waals surface area (Å²) in [5.41, 5.74) is 2.77. The van der Waals surface area contributed by atoms with E-state index in [9.17, 15) is 8.78 Å². The minimum Gasteiger partial charge on any atom is -0.294 e. The standard InChI is InChI=1S/C24H23F2N5S/c1-16(20(12-31-15-27-14-28-31)19-8-7-18(25)11-21(19)26)30-10-9-22-23(13-30)32-24(29-22)17-5-3-2-4-6-17/h2-8,11,14-16,20H,9-10,12-13H2,1H3. The van der Waals surface area contributed by atoms with Crippen LogP contribution in [-0.4, -0.2) is 37.2 Å². The molecule has 5 rings (SSSR count). The minimum absolute atomic E-state index is 0.00888. The van der Waals surface area contributed by atoms with Crippen molar-refractivity contribution in [1.29, 1.82) is 0 Å². The Morgan fingerprint density at radius 1 is 1.12 bits per heavy atom. The van der Waals surface area contributed by atoms with Gasteiger partial charge in [-0.05, 0) is 18.6 Å². The molecule has 0 bridgehead atoms. The van der Waals surface area contributed by atoms with E-state index in [1.165, 1.54) is 17.3 Å². The molecule has 2 atom stereocenters. The number of halogens is 2. The van der Waals surface area contributed by atoms with E-state index in [-0.39, 0.29) is 12.0 Å². The summed E-state index contributed by atoms with van der Waals surface area (Å²) in [6, 6.07) is 14.1. The normalized spacial score (nSPS) is 16.0. The van der Waals surface area contributed by atoms with Gasteiger partial charge < -0.3 is 0 Å². The number of benzene rings is 2. The van der Waals surface area contributed by atoms with Crippen molar-refractivity contribution in [2.75, 3.05) is 6.54 Å². The van der Waals surface area contributed by atoms with Crippen molar-refractivity contribution in [3.63, 3.8) is 0 Å². The van der Waals surface area contributed by atoms with E-state index < -0.39 is 11.6 Å². The van der Waals surface area contributed by atoms with E-state index in [0.29, 0.717) is 12.1 Å². The van der Waals surface area contributed by atoms with E-state index in [0.717, 1.165) is 41.8 Å². The molecule has 2 aromatic carbocycles. The van der Waals surface area contributed by atoms with Crippen LogP contribution in [0.25, 0.3) is 10.6 Å². The van der Waals surface area contributed by atoms with E-state index >= 15 is 0 Å². The Labute approximate surface area is 189 Å². The summed E-state index contributed by atoms with van der Waals surface area (Å²) in [5.74, 6) is -1.30. The molecule has 0 saturated carbocycles. The average Bonchev–Trinajstić information content (AvgIpc) is 3.47. The van der Waals surface area contributed by atoms with Crippen LogP contribution in [0, 0.1) is 11.6 Å². The quantitative estimate of drug-likeness (QED) is 0.418. The Kier molecular flexibility index (Phi) is 5.80. The van der Waals surface area contributed by atoms with Gasteiger partial charge in [0.25, 0.3) is 0 Å². The van der Waals surface area contributed by atoms with Gasteiger partial charge in [0.2, 0.25) is 0 Å². The molecule has 0 fully saturated rings. The molecule has 2 aromatic heterocycles. The lowest BCUT2D eigenvalue weighted by Crippen LogP contribution is -2.42. The van der Waals surface area contributed by atoms with Crippen molar-refractivity contribution >= 4 is 11.3 Å². The molecule has 4 aromatic rings. The minimum atomic E-state index is -0.570. The molecule has 164 valence electrons. The molecule has 0 radical (unpaired) electrons. The molecule has 0 N–H and O–H groups in total. The first-order valence-electron chi connectivity index (χ1n) is 10.6. The summed E-state index contributed by atoms with van der Waals surface area (Å²) in [7, 11) is 0. The van der Waals surface area contributed by atoms with Gasteiger partial charge in [0, 0.05) is 48.0 Å². The van der Waals surface area contributed by atoms with Crippen LogP contribution < -0.4 is 0 Å². The van der Waals surface area contributed by atoms with Crippen LogP contribution >= 0.6 is 11.3 Å². The Hall–Kier alpha value is -2.97. The maximum atomic E-state index is 14.8. The van der Waals surface area contributed by atoms with E-state index in [1.807, 2.05) is 18.2 Å². The Balaban J connectivity index is 1.42. The van der Waals surface area contributed by atoms with E-state index in [4.69, 9.17) is 4.98 Å². The van der Waals surface area contributed by atoms with Crippen LogP contribution in [0.1, 0.15) is 29.0 Å². The first kappa shape index (κ1) is 20.9. The van der Waals surface area contributed by atoms with Crippen LogP contribution in [0.15, 0.2) is 61.2 Å². The van der Waals surface area contributed by atoms with Crippen molar-refractivity contribution in [3.8, 4) is 10.6 Å². The van der Waals surface area contributed by atoms with Gasteiger partial charge in [0.05, 0.1) is 12.2 Å². The third-order valence-corrected chi connectivity index (χ3v) is 7.28. The molecular formula is C24H23F2N5S. The van der Waals surface area contributed by atoms with Crippen LogP contribution in [0.3, 0.4) is 0 Å². The zero-order valence-electron chi connectivity index (χ0n) is 17.7. The van der Waals surface area contributed by atoms with Crippen molar-refractivity contribution in [2.45, 2.75) is 38.4 Å². The molecule has 0 saturated heterocycles. The van der Waals surface area contributed by atoms with E-state index in [2.05, 4.69) is 34.0 Å². The van der Waals surface area contributed by atoms with Gasteiger partial charge in [-0.3, -0.25) is 9.58 Å². The van der Waals surface area contributed by atoms with Crippen molar-refractivity contribution in [1.82, 2.24) is 24.6 Å². The van der Waals surface area contributed by atoms with Crippen LogP contribution in [0.5, 0.6) is 0 Å². The third-order valence-electron chi connectivity index (χ3n) is 6.15. The Bertz CT molecular complexity index is 1190. The lowest BCUT2D eigenvalue weighted by atomic mass is 9.90. The Morgan fingerprint density at radius 3 is 2.72 bits per heavy atom. The summed E-state index contributed by atoms with van der Waals surface area (Å²) >= 11 is 1.72. The lowest BCUT2D eigenvalue weighted by Gasteiger charge is -2.37. The molecule has 3 heterocycles. The molecule has 0 aliphatic carbocycles. The van der Waals surface area contributed by atoms with Gasteiger partial charge in [0.1, 0.15) is 29.3 Å². The molecule has 32 heavy (non-hydrogen) atoms. The first-order chi connectivity index (χ1) is 15.6. The fraction of sp³-hybridized carbons (Fsp3) is 0.292. The van der Waals surface area contributed by atoms with Gasteiger partial charge >= 0.3 is 0 Å². The lowest BCUT2D eigenvalue weighted by molar-refractivity contribution is 0.157. The number of hydrogen-bond acceptors (Lipinski definition) is 5. The second-order valence-electron chi connectivity index (χ2n) is 8.11. The zero-order valence-corrected chi connectivity index (χ0v) is 18.5. The maximum absolute atomic E-state index is 14.8. The number of thiazole rings is 1. The molecule has 0 spiro atoms. The summed E-state index contributed by atoms with van der Waals surface area (Å²) < 4.78 is 30.1. The summed E-state index contributed by atoms with van der Waals surface area (Å²) in [4.78, 5) is 12.5. The molecule has 1 aliphatic heterocycles. The second-order valence-corrected chi connectivity index (χ2v) is 9.19. The highest BCUT2D eigenvalue weighted by Crippen LogP contribution is 2.35.